The molecule has 2 heterocycles. The second kappa shape index (κ2) is 4.71. The molecule has 0 aromatic carbocycles. The van der Waals surface area contributed by atoms with Crippen molar-refractivity contribution in [3.63, 3.8) is 0 Å². The minimum absolute atomic E-state index is 0.106. The summed E-state index contributed by atoms with van der Waals surface area (Å²) in [4.78, 5) is 5.46. The SMILES string of the molecule is CC1CCCN1c1nc(C(F)(F)F)ccc1C(=N)N. The Morgan fingerprint density at radius 2 is 2.16 bits per heavy atom. The second-order valence-electron chi connectivity index (χ2n) is 4.66. The molecule has 1 fully saturated rings. The van der Waals surface area contributed by atoms with E-state index in [0.29, 0.717) is 6.54 Å². The van der Waals surface area contributed by atoms with Crippen LogP contribution in [0.1, 0.15) is 31.0 Å². The Bertz CT molecular complexity index is 498. The Balaban J connectivity index is 2.51. The molecular formula is C12H15F3N4. The van der Waals surface area contributed by atoms with Gasteiger partial charge in [0.15, 0.2) is 0 Å². The number of aromatic nitrogens is 1. The molecule has 104 valence electrons. The third kappa shape index (κ3) is 2.64. The van der Waals surface area contributed by atoms with Gasteiger partial charge in [-0.25, -0.2) is 4.98 Å². The van der Waals surface area contributed by atoms with Gasteiger partial charge >= 0.3 is 6.18 Å². The summed E-state index contributed by atoms with van der Waals surface area (Å²) >= 11 is 0. The van der Waals surface area contributed by atoms with Crippen LogP contribution in [-0.4, -0.2) is 23.4 Å². The molecule has 0 radical (unpaired) electrons. The summed E-state index contributed by atoms with van der Waals surface area (Å²) in [6.07, 6.45) is -2.70. The Morgan fingerprint density at radius 3 is 2.63 bits per heavy atom. The van der Waals surface area contributed by atoms with Crippen molar-refractivity contribution >= 4 is 11.7 Å². The number of nitrogens with one attached hydrogen (secondary N) is 1. The number of halogens is 3. The molecule has 0 amide bonds. The molecule has 7 heteroatoms. The van der Waals surface area contributed by atoms with Crippen LogP contribution in [0.15, 0.2) is 12.1 Å². The van der Waals surface area contributed by atoms with Crippen LogP contribution in [0.5, 0.6) is 0 Å². The lowest BCUT2D eigenvalue weighted by atomic mass is 10.2. The summed E-state index contributed by atoms with van der Waals surface area (Å²) < 4.78 is 38.2. The number of hydrogen-bond donors (Lipinski definition) is 2. The summed E-state index contributed by atoms with van der Waals surface area (Å²) in [5.41, 5.74) is 4.72. The van der Waals surface area contributed by atoms with Gasteiger partial charge in [0.05, 0.1) is 5.56 Å². The Hall–Kier alpha value is -1.79. The molecule has 1 aromatic heterocycles. The molecule has 4 nitrogen and oxygen atoms in total. The molecule has 0 bridgehead atoms. The number of nitrogen functional groups attached to an aromatic ring is 1. The highest BCUT2D eigenvalue weighted by Crippen LogP contribution is 2.32. The van der Waals surface area contributed by atoms with Crippen LogP contribution < -0.4 is 10.6 Å². The van der Waals surface area contributed by atoms with Gasteiger partial charge in [-0.2, -0.15) is 13.2 Å². The van der Waals surface area contributed by atoms with E-state index >= 15 is 0 Å². The van der Waals surface area contributed by atoms with E-state index in [1.54, 1.807) is 4.90 Å². The lowest BCUT2D eigenvalue weighted by Crippen LogP contribution is -2.31. The highest BCUT2D eigenvalue weighted by Gasteiger charge is 2.34. The number of amidine groups is 1. The van der Waals surface area contributed by atoms with Crippen molar-refractivity contribution in [2.45, 2.75) is 32.0 Å². The minimum atomic E-state index is -4.49. The zero-order valence-corrected chi connectivity index (χ0v) is 10.5. The van der Waals surface area contributed by atoms with E-state index in [1.165, 1.54) is 6.07 Å². The van der Waals surface area contributed by atoms with Gasteiger partial charge < -0.3 is 10.6 Å². The summed E-state index contributed by atoms with van der Waals surface area (Å²) in [6.45, 7) is 2.56. The van der Waals surface area contributed by atoms with Crippen LogP contribution in [-0.2, 0) is 6.18 Å². The second-order valence-corrected chi connectivity index (χ2v) is 4.66. The van der Waals surface area contributed by atoms with Crippen LogP contribution in [0, 0.1) is 5.41 Å². The van der Waals surface area contributed by atoms with E-state index in [0.717, 1.165) is 18.9 Å². The Kier molecular flexibility index (Phi) is 3.38. The maximum Gasteiger partial charge on any atom is 0.433 e. The first-order chi connectivity index (χ1) is 8.80. The number of nitrogens with two attached hydrogens (primary N) is 1. The van der Waals surface area contributed by atoms with Crippen LogP contribution >= 0.6 is 0 Å². The maximum absolute atomic E-state index is 12.7. The largest absolute Gasteiger partial charge is 0.433 e. The average Bonchev–Trinajstić information content (AvgIpc) is 2.73. The fourth-order valence-electron chi connectivity index (χ4n) is 2.28. The standard InChI is InChI=1S/C12H15F3N4/c1-7-3-2-6-19(7)11-8(10(16)17)4-5-9(18-11)12(13,14)15/h4-5,7H,2-3,6H2,1H3,(H3,16,17). The van der Waals surface area contributed by atoms with Crippen molar-refractivity contribution in [3.8, 4) is 0 Å². The van der Waals surface area contributed by atoms with E-state index in [-0.39, 0.29) is 23.3 Å². The number of rotatable bonds is 2. The first kappa shape index (κ1) is 13.6. The lowest BCUT2D eigenvalue weighted by Gasteiger charge is -2.25. The van der Waals surface area contributed by atoms with Crippen molar-refractivity contribution in [2.75, 3.05) is 11.4 Å². The molecule has 0 aliphatic carbocycles. The molecule has 0 spiro atoms. The molecular weight excluding hydrogens is 257 g/mol. The van der Waals surface area contributed by atoms with Crippen molar-refractivity contribution in [1.82, 2.24) is 4.98 Å². The first-order valence-electron chi connectivity index (χ1n) is 6.00. The zero-order chi connectivity index (χ0) is 14.2. The molecule has 1 aliphatic rings. The van der Waals surface area contributed by atoms with Crippen LogP contribution in [0.4, 0.5) is 19.0 Å². The van der Waals surface area contributed by atoms with Crippen molar-refractivity contribution in [2.24, 2.45) is 5.73 Å². The number of hydrogen-bond acceptors (Lipinski definition) is 3. The van der Waals surface area contributed by atoms with Gasteiger partial charge in [-0.15, -0.1) is 0 Å². The smallest absolute Gasteiger partial charge is 0.384 e. The number of alkyl halides is 3. The average molecular weight is 272 g/mol. The minimum Gasteiger partial charge on any atom is -0.384 e. The monoisotopic (exact) mass is 272 g/mol. The topological polar surface area (TPSA) is 66.0 Å². The molecule has 1 saturated heterocycles. The van der Waals surface area contributed by atoms with E-state index in [9.17, 15) is 13.2 Å². The zero-order valence-electron chi connectivity index (χ0n) is 10.5. The Labute approximate surface area is 108 Å². The fourth-order valence-corrected chi connectivity index (χ4v) is 2.28. The predicted molar refractivity (Wildman–Crippen MR) is 66.3 cm³/mol. The molecule has 0 saturated carbocycles. The molecule has 3 N–H and O–H groups in total. The van der Waals surface area contributed by atoms with Gasteiger partial charge in [0.2, 0.25) is 0 Å². The lowest BCUT2D eigenvalue weighted by molar-refractivity contribution is -0.141. The van der Waals surface area contributed by atoms with E-state index < -0.39 is 11.9 Å². The van der Waals surface area contributed by atoms with Crippen LogP contribution in [0.3, 0.4) is 0 Å². The van der Waals surface area contributed by atoms with Crippen LogP contribution in [0.2, 0.25) is 0 Å². The number of nitrogens with zero attached hydrogens (tertiary/aromatic N) is 2. The third-order valence-corrected chi connectivity index (χ3v) is 3.28. The molecule has 1 aliphatic heterocycles. The van der Waals surface area contributed by atoms with Gasteiger partial charge in [0, 0.05) is 12.6 Å². The molecule has 1 atom stereocenters. The summed E-state index contributed by atoms with van der Waals surface area (Å²) in [6, 6.07) is 2.19. The van der Waals surface area contributed by atoms with Gasteiger partial charge in [0.1, 0.15) is 17.3 Å². The van der Waals surface area contributed by atoms with Gasteiger partial charge in [-0.05, 0) is 31.9 Å². The van der Waals surface area contributed by atoms with Crippen molar-refractivity contribution in [3.05, 3.63) is 23.4 Å². The van der Waals surface area contributed by atoms with Crippen LogP contribution in [0.25, 0.3) is 0 Å². The number of pyridine rings is 1. The molecule has 1 aromatic rings. The quantitative estimate of drug-likeness (QED) is 0.641. The Morgan fingerprint density at radius 1 is 1.47 bits per heavy atom. The molecule has 1 unspecified atom stereocenters. The highest BCUT2D eigenvalue weighted by atomic mass is 19.4. The maximum atomic E-state index is 12.7. The van der Waals surface area contributed by atoms with E-state index in [1.807, 2.05) is 6.92 Å². The van der Waals surface area contributed by atoms with Gasteiger partial charge in [-0.1, -0.05) is 0 Å². The summed E-state index contributed by atoms with van der Waals surface area (Å²) in [5, 5.41) is 7.46. The highest BCUT2D eigenvalue weighted by molar-refractivity contribution is 5.99. The van der Waals surface area contributed by atoms with E-state index in [4.69, 9.17) is 11.1 Å². The van der Waals surface area contributed by atoms with E-state index in [2.05, 4.69) is 4.98 Å². The third-order valence-electron chi connectivity index (χ3n) is 3.28. The fraction of sp³-hybridized carbons (Fsp3) is 0.500. The molecule has 2 rings (SSSR count). The summed E-state index contributed by atoms with van der Waals surface area (Å²) in [5.74, 6) is -0.109. The normalized spacial score (nSPS) is 19.8. The van der Waals surface area contributed by atoms with Crippen molar-refractivity contribution in [1.29, 1.82) is 5.41 Å². The van der Waals surface area contributed by atoms with Crippen molar-refractivity contribution < 1.29 is 13.2 Å². The first-order valence-corrected chi connectivity index (χ1v) is 6.00. The summed E-state index contributed by atoms with van der Waals surface area (Å²) in [7, 11) is 0. The van der Waals surface area contributed by atoms with Gasteiger partial charge in [0.25, 0.3) is 0 Å². The van der Waals surface area contributed by atoms with Gasteiger partial charge in [-0.3, -0.25) is 5.41 Å². The molecule has 19 heavy (non-hydrogen) atoms. The predicted octanol–water partition coefficient (Wildman–Crippen LogP) is 2.37. The number of anilines is 1.